The molecule has 0 unspecified atom stereocenters. The normalized spacial score (nSPS) is 11.3. The van der Waals surface area contributed by atoms with Gasteiger partial charge in [0.1, 0.15) is 5.82 Å². The highest BCUT2D eigenvalue weighted by atomic mass is 35.7. The van der Waals surface area contributed by atoms with Gasteiger partial charge in [-0.3, -0.25) is 4.79 Å². The standard InChI is InChI=1S/C11H13ClFNO3S/c1-3-4-14-11(15)8-6-10(18(12,16)17)7(2)5-9(8)13/h5-6H,3-4H2,1-2H3,(H,14,15). The highest BCUT2D eigenvalue weighted by Gasteiger charge is 2.20. The Morgan fingerprint density at radius 3 is 2.56 bits per heavy atom. The zero-order chi connectivity index (χ0) is 13.9. The summed E-state index contributed by atoms with van der Waals surface area (Å²) < 4.78 is 36.1. The van der Waals surface area contributed by atoms with Crippen LogP contribution in [0.15, 0.2) is 17.0 Å². The van der Waals surface area contributed by atoms with E-state index in [-0.39, 0.29) is 16.0 Å². The van der Waals surface area contributed by atoms with E-state index in [0.29, 0.717) is 13.0 Å². The Kier molecular flexibility index (Phi) is 4.70. The molecule has 1 rings (SSSR count). The number of carbonyl (C=O) groups is 1. The largest absolute Gasteiger partial charge is 0.352 e. The van der Waals surface area contributed by atoms with Gasteiger partial charge in [-0.2, -0.15) is 0 Å². The third-order valence-electron chi connectivity index (χ3n) is 2.31. The van der Waals surface area contributed by atoms with Crippen LogP contribution in [0.1, 0.15) is 29.3 Å². The van der Waals surface area contributed by atoms with Crippen LogP contribution in [0.2, 0.25) is 0 Å². The fraction of sp³-hybridized carbons (Fsp3) is 0.364. The van der Waals surface area contributed by atoms with E-state index in [1.807, 2.05) is 6.92 Å². The summed E-state index contributed by atoms with van der Waals surface area (Å²) >= 11 is 0. The zero-order valence-corrected chi connectivity index (χ0v) is 11.5. The van der Waals surface area contributed by atoms with Gasteiger partial charge in [0.25, 0.3) is 15.0 Å². The van der Waals surface area contributed by atoms with Gasteiger partial charge in [0.15, 0.2) is 0 Å². The molecule has 1 aromatic carbocycles. The topological polar surface area (TPSA) is 63.2 Å². The van der Waals surface area contributed by atoms with Gasteiger partial charge in [-0.05, 0) is 31.0 Å². The first-order valence-electron chi connectivity index (χ1n) is 5.30. The van der Waals surface area contributed by atoms with Crippen molar-refractivity contribution < 1.29 is 17.6 Å². The van der Waals surface area contributed by atoms with E-state index >= 15 is 0 Å². The first-order valence-corrected chi connectivity index (χ1v) is 7.61. The van der Waals surface area contributed by atoms with Crippen LogP contribution in [0.4, 0.5) is 4.39 Å². The van der Waals surface area contributed by atoms with E-state index in [4.69, 9.17) is 10.7 Å². The maximum absolute atomic E-state index is 13.6. The number of benzene rings is 1. The number of halogens is 2. The Labute approximate surface area is 110 Å². The van der Waals surface area contributed by atoms with Crippen LogP contribution < -0.4 is 5.32 Å². The minimum atomic E-state index is -4.00. The molecule has 0 heterocycles. The summed E-state index contributed by atoms with van der Waals surface area (Å²) in [6, 6.07) is 1.94. The molecular weight excluding hydrogens is 281 g/mol. The van der Waals surface area contributed by atoms with Crippen molar-refractivity contribution in [2.24, 2.45) is 0 Å². The van der Waals surface area contributed by atoms with Gasteiger partial charge in [0.05, 0.1) is 10.5 Å². The molecule has 0 aliphatic carbocycles. The van der Waals surface area contributed by atoms with Crippen LogP contribution in [-0.4, -0.2) is 20.9 Å². The Hall–Kier alpha value is -1.14. The molecular formula is C11H13ClFNO3S. The number of rotatable bonds is 4. The lowest BCUT2D eigenvalue weighted by molar-refractivity contribution is 0.0949. The number of amides is 1. The molecule has 0 fully saturated rings. The molecule has 0 spiro atoms. The molecule has 7 heteroatoms. The minimum absolute atomic E-state index is 0.162. The third kappa shape index (κ3) is 3.43. The van der Waals surface area contributed by atoms with E-state index in [9.17, 15) is 17.6 Å². The van der Waals surface area contributed by atoms with Crippen molar-refractivity contribution in [2.75, 3.05) is 6.54 Å². The van der Waals surface area contributed by atoms with Crippen molar-refractivity contribution in [2.45, 2.75) is 25.2 Å². The van der Waals surface area contributed by atoms with E-state index in [0.717, 1.165) is 12.1 Å². The Bertz CT molecular complexity index is 572. The predicted octanol–water partition coefficient (Wildman–Crippen LogP) is 2.20. The van der Waals surface area contributed by atoms with Crippen molar-refractivity contribution in [1.82, 2.24) is 5.32 Å². The van der Waals surface area contributed by atoms with Crippen molar-refractivity contribution >= 4 is 25.6 Å². The van der Waals surface area contributed by atoms with Gasteiger partial charge < -0.3 is 5.32 Å². The molecule has 0 aliphatic heterocycles. The maximum atomic E-state index is 13.6. The SMILES string of the molecule is CCCNC(=O)c1cc(S(=O)(=O)Cl)c(C)cc1F. The molecule has 0 aromatic heterocycles. The van der Waals surface area contributed by atoms with Gasteiger partial charge in [0.2, 0.25) is 0 Å². The summed E-state index contributed by atoms with van der Waals surface area (Å²) in [4.78, 5) is 11.4. The number of nitrogens with one attached hydrogen (secondary N) is 1. The molecule has 0 saturated heterocycles. The number of hydrogen-bond donors (Lipinski definition) is 1. The van der Waals surface area contributed by atoms with Gasteiger partial charge in [-0.15, -0.1) is 0 Å². The van der Waals surface area contributed by atoms with Crippen molar-refractivity contribution in [3.8, 4) is 0 Å². The Morgan fingerprint density at radius 1 is 1.44 bits per heavy atom. The summed E-state index contributed by atoms with van der Waals surface area (Å²) in [5.41, 5.74) is -0.164. The molecule has 0 radical (unpaired) electrons. The van der Waals surface area contributed by atoms with Crippen LogP contribution >= 0.6 is 10.7 Å². The lowest BCUT2D eigenvalue weighted by Gasteiger charge is -2.08. The molecule has 4 nitrogen and oxygen atoms in total. The maximum Gasteiger partial charge on any atom is 0.261 e. The molecule has 1 amide bonds. The number of aryl methyl sites for hydroxylation is 1. The second kappa shape index (κ2) is 5.67. The van der Waals surface area contributed by atoms with E-state index < -0.39 is 20.8 Å². The smallest absolute Gasteiger partial charge is 0.261 e. The van der Waals surface area contributed by atoms with Gasteiger partial charge in [0, 0.05) is 17.2 Å². The molecule has 18 heavy (non-hydrogen) atoms. The zero-order valence-electron chi connectivity index (χ0n) is 9.96. The summed E-state index contributed by atoms with van der Waals surface area (Å²) in [6.45, 7) is 3.64. The van der Waals surface area contributed by atoms with Crippen LogP contribution in [0.5, 0.6) is 0 Å². The third-order valence-corrected chi connectivity index (χ3v) is 3.77. The second-order valence-corrected chi connectivity index (χ2v) is 6.33. The fourth-order valence-electron chi connectivity index (χ4n) is 1.42. The first kappa shape index (κ1) is 14.9. The Morgan fingerprint density at radius 2 is 2.06 bits per heavy atom. The molecule has 1 N–H and O–H groups in total. The van der Waals surface area contributed by atoms with Crippen LogP contribution in [0.3, 0.4) is 0 Å². The second-order valence-electron chi connectivity index (χ2n) is 3.79. The van der Waals surface area contributed by atoms with Gasteiger partial charge in [-0.25, -0.2) is 12.8 Å². The predicted molar refractivity (Wildman–Crippen MR) is 66.8 cm³/mol. The highest BCUT2D eigenvalue weighted by Crippen LogP contribution is 2.23. The summed E-state index contributed by atoms with van der Waals surface area (Å²) in [5.74, 6) is -1.43. The first-order chi connectivity index (χ1) is 8.27. The van der Waals surface area contributed by atoms with Crippen LogP contribution in [0.25, 0.3) is 0 Å². The van der Waals surface area contributed by atoms with Crippen LogP contribution in [-0.2, 0) is 9.05 Å². The molecule has 1 aromatic rings. The summed E-state index contributed by atoms with van der Waals surface area (Å²) in [5, 5.41) is 2.47. The number of carbonyl (C=O) groups excluding carboxylic acids is 1. The summed E-state index contributed by atoms with van der Waals surface area (Å²) in [6.07, 6.45) is 0.694. The van der Waals surface area contributed by atoms with E-state index in [1.165, 1.54) is 6.92 Å². The van der Waals surface area contributed by atoms with Crippen molar-refractivity contribution in [3.05, 3.63) is 29.1 Å². The highest BCUT2D eigenvalue weighted by molar-refractivity contribution is 8.13. The quantitative estimate of drug-likeness (QED) is 0.866. The average molecular weight is 294 g/mol. The minimum Gasteiger partial charge on any atom is -0.352 e. The average Bonchev–Trinajstić information content (AvgIpc) is 2.24. The van der Waals surface area contributed by atoms with Crippen LogP contribution in [0, 0.1) is 12.7 Å². The van der Waals surface area contributed by atoms with Crippen molar-refractivity contribution in [1.29, 1.82) is 0 Å². The lowest BCUT2D eigenvalue weighted by Crippen LogP contribution is -2.25. The van der Waals surface area contributed by atoms with Gasteiger partial charge in [-0.1, -0.05) is 6.92 Å². The number of hydrogen-bond acceptors (Lipinski definition) is 3. The molecule has 0 atom stereocenters. The molecule has 0 bridgehead atoms. The molecule has 0 aliphatic rings. The monoisotopic (exact) mass is 293 g/mol. The van der Waals surface area contributed by atoms with Crippen molar-refractivity contribution in [3.63, 3.8) is 0 Å². The molecule has 0 saturated carbocycles. The van der Waals surface area contributed by atoms with E-state index in [2.05, 4.69) is 5.32 Å². The Balaban J connectivity index is 3.26. The lowest BCUT2D eigenvalue weighted by atomic mass is 10.1. The van der Waals surface area contributed by atoms with Gasteiger partial charge >= 0.3 is 0 Å². The summed E-state index contributed by atoms with van der Waals surface area (Å²) in [7, 11) is 1.21. The molecule has 100 valence electrons. The fourth-order valence-corrected chi connectivity index (χ4v) is 2.62. The van der Waals surface area contributed by atoms with E-state index in [1.54, 1.807) is 0 Å².